The molecular formula is C33H63N3O8. The van der Waals surface area contributed by atoms with Gasteiger partial charge in [-0.1, -0.05) is 122 Å². The monoisotopic (exact) mass is 629 g/mol. The molecule has 1 fully saturated rings. The lowest BCUT2D eigenvalue weighted by molar-refractivity contribution is -0.304. The molecule has 2 rings (SSSR count). The van der Waals surface area contributed by atoms with E-state index >= 15 is 0 Å². The van der Waals surface area contributed by atoms with Crippen molar-refractivity contribution < 1.29 is 40.1 Å². The summed E-state index contributed by atoms with van der Waals surface area (Å²) >= 11 is 0. The number of aromatic nitrogens is 3. The summed E-state index contributed by atoms with van der Waals surface area (Å²) in [6.07, 6.45) is 13.7. The van der Waals surface area contributed by atoms with Gasteiger partial charge in [-0.3, -0.25) is 0 Å². The van der Waals surface area contributed by atoms with Crippen molar-refractivity contribution in [2.45, 2.75) is 185 Å². The van der Waals surface area contributed by atoms with Crippen LogP contribution in [0.1, 0.15) is 141 Å². The number of nitrogens with zero attached hydrogens (tertiary/aromatic N) is 3. The zero-order valence-corrected chi connectivity index (χ0v) is 27.4. The van der Waals surface area contributed by atoms with Gasteiger partial charge in [0.05, 0.1) is 25.0 Å². The number of aliphatic hydroxyl groups excluding tert-OH is 6. The van der Waals surface area contributed by atoms with Crippen LogP contribution in [0.4, 0.5) is 0 Å². The van der Waals surface area contributed by atoms with E-state index < -0.39 is 55.6 Å². The van der Waals surface area contributed by atoms with Gasteiger partial charge in [-0.2, -0.15) is 0 Å². The quantitative estimate of drug-likeness (QED) is 0.0825. The highest BCUT2D eigenvalue weighted by molar-refractivity contribution is 4.96. The van der Waals surface area contributed by atoms with Crippen LogP contribution < -0.4 is 0 Å². The van der Waals surface area contributed by atoms with Gasteiger partial charge in [0.2, 0.25) is 0 Å². The third-order valence-corrected chi connectivity index (χ3v) is 8.86. The van der Waals surface area contributed by atoms with Gasteiger partial charge in [0.25, 0.3) is 0 Å². The van der Waals surface area contributed by atoms with Crippen molar-refractivity contribution in [3.05, 3.63) is 11.9 Å². The number of unbranched alkanes of at least 4 members (excludes halogenated alkanes) is 15. The van der Waals surface area contributed by atoms with Gasteiger partial charge >= 0.3 is 0 Å². The molecule has 1 aromatic rings. The molecule has 8 atom stereocenters. The van der Waals surface area contributed by atoms with E-state index in [9.17, 15) is 30.6 Å². The van der Waals surface area contributed by atoms with E-state index in [2.05, 4.69) is 24.2 Å². The summed E-state index contributed by atoms with van der Waals surface area (Å²) in [5, 5.41) is 70.8. The van der Waals surface area contributed by atoms with Crippen molar-refractivity contribution in [1.82, 2.24) is 15.0 Å². The van der Waals surface area contributed by atoms with Crippen molar-refractivity contribution >= 4 is 0 Å². The van der Waals surface area contributed by atoms with E-state index in [0.717, 1.165) is 44.2 Å². The van der Waals surface area contributed by atoms with Crippen LogP contribution in [0.3, 0.4) is 0 Å². The van der Waals surface area contributed by atoms with Gasteiger partial charge in [-0.25, -0.2) is 4.68 Å². The molecular weight excluding hydrogens is 566 g/mol. The van der Waals surface area contributed by atoms with Crippen molar-refractivity contribution in [3.8, 4) is 0 Å². The molecule has 6 N–H and O–H groups in total. The van der Waals surface area contributed by atoms with Crippen LogP contribution in [0.5, 0.6) is 0 Å². The zero-order valence-electron chi connectivity index (χ0n) is 27.4. The lowest BCUT2D eigenvalue weighted by Gasteiger charge is -2.40. The lowest BCUT2D eigenvalue weighted by atomic mass is 9.98. The van der Waals surface area contributed by atoms with E-state index in [1.54, 1.807) is 6.20 Å². The Bertz CT molecular complexity index is 829. The number of aryl methyl sites for hydroxylation is 1. The van der Waals surface area contributed by atoms with Crippen LogP contribution in [-0.4, -0.2) is 102 Å². The highest BCUT2D eigenvalue weighted by Gasteiger charge is 2.44. The summed E-state index contributed by atoms with van der Waals surface area (Å²) in [6.45, 7) is 3.64. The lowest BCUT2D eigenvalue weighted by Crippen LogP contribution is -2.59. The minimum atomic E-state index is -1.57. The van der Waals surface area contributed by atoms with E-state index in [-0.39, 0.29) is 6.61 Å². The van der Waals surface area contributed by atoms with Crippen molar-refractivity contribution in [3.63, 3.8) is 0 Å². The first kappa shape index (κ1) is 39.0. The third-order valence-electron chi connectivity index (χ3n) is 8.86. The van der Waals surface area contributed by atoms with Gasteiger partial charge in [-0.15, -0.1) is 5.10 Å². The maximum absolute atomic E-state index is 11.2. The Kier molecular flexibility index (Phi) is 20.6. The average molecular weight is 630 g/mol. The highest BCUT2D eigenvalue weighted by Crippen LogP contribution is 2.25. The van der Waals surface area contributed by atoms with E-state index in [0.29, 0.717) is 6.42 Å². The second kappa shape index (κ2) is 23.2. The average Bonchev–Trinajstić information content (AvgIpc) is 3.49. The molecule has 0 saturated carbocycles. The molecule has 1 aliphatic heterocycles. The fraction of sp³-hybridized carbons (Fsp3) is 0.939. The second-order valence-corrected chi connectivity index (χ2v) is 12.7. The normalized spacial score (nSPS) is 24.4. The van der Waals surface area contributed by atoms with E-state index in [1.807, 2.05) is 0 Å². The Balaban J connectivity index is 1.88. The minimum absolute atomic E-state index is 0.210. The van der Waals surface area contributed by atoms with Gasteiger partial charge in [0.15, 0.2) is 6.29 Å². The predicted octanol–water partition coefficient (Wildman–Crippen LogP) is 3.96. The molecule has 0 aromatic carbocycles. The first-order chi connectivity index (χ1) is 21.3. The van der Waals surface area contributed by atoms with E-state index in [1.165, 1.54) is 81.7 Å². The Labute approximate surface area is 265 Å². The topological polar surface area (TPSA) is 171 Å². The van der Waals surface area contributed by atoms with Crippen LogP contribution in [0.25, 0.3) is 0 Å². The molecule has 0 aliphatic carbocycles. The summed E-state index contributed by atoms with van der Waals surface area (Å²) in [6, 6.07) is -0.837. The fourth-order valence-electron chi connectivity index (χ4n) is 5.85. The number of hydrogen-bond donors (Lipinski definition) is 6. The maximum Gasteiger partial charge on any atom is 0.186 e. The van der Waals surface area contributed by atoms with Gasteiger partial charge in [0, 0.05) is 6.20 Å². The third kappa shape index (κ3) is 14.1. The second-order valence-electron chi connectivity index (χ2n) is 12.7. The summed E-state index contributed by atoms with van der Waals surface area (Å²) in [4.78, 5) is 0. The molecule has 1 saturated heterocycles. The summed E-state index contributed by atoms with van der Waals surface area (Å²) in [7, 11) is 0. The Morgan fingerprint density at radius 2 is 1.32 bits per heavy atom. The van der Waals surface area contributed by atoms with Crippen molar-refractivity contribution in [2.75, 3.05) is 13.2 Å². The smallest absolute Gasteiger partial charge is 0.186 e. The first-order valence-electron chi connectivity index (χ1n) is 17.5. The van der Waals surface area contributed by atoms with Crippen LogP contribution in [0.2, 0.25) is 0 Å². The maximum atomic E-state index is 11.2. The number of rotatable bonds is 26. The largest absolute Gasteiger partial charge is 0.394 e. The standard InChI is InChI=1S/C33H63N3O8/c1-3-5-7-9-10-11-12-13-14-15-17-19-21-27(38)29(39)26(36-22-25(34-35-36)20-18-16-8-6-4-2)24-43-33-32(42)31(41)30(40)28(23-37)44-33/h22,26-33,37-42H,3-21,23-24H2,1-2H3/t26-,27+,28+,29-,30-,31-,32+,33-/m0/s1. The van der Waals surface area contributed by atoms with Crippen molar-refractivity contribution in [1.29, 1.82) is 0 Å². The zero-order chi connectivity index (χ0) is 32.2. The number of hydrogen-bond acceptors (Lipinski definition) is 10. The Morgan fingerprint density at radius 3 is 1.89 bits per heavy atom. The summed E-state index contributed by atoms with van der Waals surface area (Å²) in [5.74, 6) is 0. The molecule has 0 bridgehead atoms. The Morgan fingerprint density at radius 1 is 0.773 bits per heavy atom. The molecule has 2 heterocycles. The summed E-state index contributed by atoms with van der Waals surface area (Å²) < 4.78 is 12.7. The van der Waals surface area contributed by atoms with Crippen LogP contribution in [-0.2, 0) is 15.9 Å². The molecule has 0 radical (unpaired) electrons. The fourth-order valence-corrected chi connectivity index (χ4v) is 5.85. The molecule has 0 amide bonds. The van der Waals surface area contributed by atoms with Gasteiger partial charge < -0.3 is 40.1 Å². The molecule has 1 aliphatic rings. The number of aliphatic hydroxyl groups is 6. The van der Waals surface area contributed by atoms with Crippen molar-refractivity contribution in [2.24, 2.45) is 0 Å². The number of ether oxygens (including phenoxy) is 2. The molecule has 11 nitrogen and oxygen atoms in total. The Hall–Kier alpha value is -1.18. The van der Waals surface area contributed by atoms with Crippen LogP contribution in [0.15, 0.2) is 6.20 Å². The molecule has 1 aromatic heterocycles. The molecule has 0 spiro atoms. The van der Waals surface area contributed by atoms with E-state index in [4.69, 9.17) is 9.47 Å². The predicted molar refractivity (Wildman–Crippen MR) is 169 cm³/mol. The van der Waals surface area contributed by atoms with Gasteiger partial charge in [-0.05, 0) is 19.3 Å². The SMILES string of the molecule is CCCCCCCCCCCCCC[C@@H](O)[C@@H](O)[C@H](CO[C@H]1O[C@H](CO)[C@H](O)[C@H](O)[C@H]1O)n1cc(CCCCCCC)nn1. The first-order valence-corrected chi connectivity index (χ1v) is 17.5. The molecule has 44 heavy (non-hydrogen) atoms. The summed E-state index contributed by atoms with van der Waals surface area (Å²) in [5.41, 5.74) is 0.780. The van der Waals surface area contributed by atoms with Crippen LogP contribution in [0, 0.1) is 0 Å². The van der Waals surface area contributed by atoms with Crippen LogP contribution >= 0.6 is 0 Å². The minimum Gasteiger partial charge on any atom is -0.394 e. The molecule has 0 unspecified atom stereocenters. The molecule has 258 valence electrons. The highest BCUT2D eigenvalue weighted by atomic mass is 16.7. The van der Waals surface area contributed by atoms with Gasteiger partial charge in [0.1, 0.15) is 36.6 Å². The molecule has 11 heteroatoms.